The largest absolute Gasteiger partial charge is 0.481 e. The van der Waals surface area contributed by atoms with E-state index in [9.17, 15) is 77.6 Å². The van der Waals surface area contributed by atoms with Crippen LogP contribution in [0, 0.1) is 11.8 Å². The molecule has 1 aromatic carbocycles. The molecular weight excluding hydrogens is 1130 g/mol. The van der Waals surface area contributed by atoms with Gasteiger partial charge in [0.2, 0.25) is 65.0 Å². The molecular formula is C54H84N14O16S. The average Bonchev–Trinajstić information content (AvgIpc) is 4.23. The summed E-state index contributed by atoms with van der Waals surface area (Å²) in [4.78, 5) is 178. The molecule has 1 aliphatic heterocycles. The predicted molar refractivity (Wildman–Crippen MR) is 310 cm³/mol. The zero-order valence-electron chi connectivity index (χ0n) is 48.4. The smallest absolute Gasteiger partial charge is 0.326 e. The molecule has 11 amide bonds. The normalized spacial score (nSPS) is 16.3. The maximum Gasteiger partial charge on any atom is 0.326 e. The van der Waals surface area contributed by atoms with Crippen LogP contribution in [0.3, 0.4) is 0 Å². The van der Waals surface area contributed by atoms with E-state index in [1.54, 1.807) is 58.2 Å². The Kier molecular flexibility index (Phi) is 29.7. The number of likely N-dealkylation sites (tertiary alicyclic amines) is 1. The average molecular weight is 1220 g/mol. The van der Waals surface area contributed by atoms with Gasteiger partial charge in [0.1, 0.15) is 54.4 Å². The van der Waals surface area contributed by atoms with Crippen molar-refractivity contribution in [3.63, 3.8) is 0 Å². The molecule has 30 nitrogen and oxygen atoms in total. The van der Waals surface area contributed by atoms with Gasteiger partial charge in [0, 0.05) is 36.5 Å². The molecule has 0 unspecified atom stereocenters. The van der Waals surface area contributed by atoms with E-state index in [0.717, 1.165) is 0 Å². The Bertz CT molecular complexity index is 2690. The number of primary amides is 2. The van der Waals surface area contributed by atoms with Gasteiger partial charge < -0.3 is 90.7 Å². The van der Waals surface area contributed by atoms with Crippen LogP contribution in [0.4, 0.5) is 0 Å². The highest BCUT2D eigenvalue weighted by Gasteiger charge is 2.41. The fraction of sp³-hybridized carbons (Fsp3) is 0.611. The number of hydrogen-bond acceptors (Lipinski definition) is 17. The topological polar surface area (TPSA) is 502 Å². The van der Waals surface area contributed by atoms with E-state index < -0.39 is 163 Å². The number of unbranched alkanes of at least 4 members (excludes halogenated alkanes) is 1. The quantitative estimate of drug-likeness (QED) is 0.0287. The maximum absolute atomic E-state index is 14.3. The van der Waals surface area contributed by atoms with Gasteiger partial charge in [0.25, 0.3) is 0 Å². The summed E-state index contributed by atoms with van der Waals surface area (Å²) in [6, 6.07) is -8.12. The SMILES string of the molecule is CSCC[C@H](NC(=O)[C@H](CCCCN)NC(=O)[C@H](CC(C)C)NC(=O)[C@H](CC(N)=O)NC(=O)[C@H](CC(=O)O)NC(=O)[C@H](Cc1c[nH]c2ccccc12)NC(=O)[C@H](CO)NC(=O)[C@@H](N)CCC(N)=O)C(=O)N1CCC[C@H]1C(=O)N[C@H](C(=O)O)C(C)C. The lowest BCUT2D eigenvalue weighted by Gasteiger charge is -2.31. The number of thioether (sulfide) groups is 1. The lowest BCUT2D eigenvalue weighted by atomic mass is 10.0. The van der Waals surface area contributed by atoms with Gasteiger partial charge in [-0.2, -0.15) is 11.8 Å². The van der Waals surface area contributed by atoms with Gasteiger partial charge in [-0.25, -0.2) is 4.79 Å². The predicted octanol–water partition coefficient (Wildman–Crippen LogP) is -3.82. The third-order valence-corrected chi connectivity index (χ3v) is 14.5. The van der Waals surface area contributed by atoms with Crippen LogP contribution in [-0.2, 0) is 68.7 Å². The van der Waals surface area contributed by atoms with E-state index >= 15 is 0 Å². The highest BCUT2D eigenvalue weighted by atomic mass is 32.2. The first-order valence-corrected chi connectivity index (χ1v) is 29.4. The number of hydrogen-bond donors (Lipinski definition) is 16. The Balaban J connectivity index is 1.91. The van der Waals surface area contributed by atoms with Gasteiger partial charge in [-0.3, -0.25) is 57.5 Å². The number of nitrogens with two attached hydrogens (primary N) is 4. The van der Waals surface area contributed by atoms with Crippen molar-refractivity contribution < 1.29 is 77.6 Å². The number of carboxylic acid groups (broad SMARTS) is 2. The second kappa shape index (κ2) is 35.4. The molecule has 20 N–H and O–H groups in total. The highest BCUT2D eigenvalue weighted by Crippen LogP contribution is 2.22. The maximum atomic E-state index is 14.3. The molecule has 1 fully saturated rings. The summed E-state index contributed by atoms with van der Waals surface area (Å²) in [6.07, 6.45) is 1.83. The van der Waals surface area contributed by atoms with Crippen LogP contribution in [0.5, 0.6) is 0 Å². The summed E-state index contributed by atoms with van der Waals surface area (Å²) >= 11 is 1.38. The number of aliphatic carboxylic acids is 2. The van der Waals surface area contributed by atoms with Crippen LogP contribution in [-0.4, -0.2) is 194 Å². The van der Waals surface area contributed by atoms with Crippen molar-refractivity contribution in [3.8, 4) is 0 Å². The zero-order chi connectivity index (χ0) is 63.7. The van der Waals surface area contributed by atoms with Crippen molar-refractivity contribution in [2.45, 2.75) is 165 Å². The second-order valence-corrected chi connectivity index (χ2v) is 22.5. The van der Waals surface area contributed by atoms with Gasteiger partial charge in [-0.1, -0.05) is 45.9 Å². The number of aromatic amines is 1. The van der Waals surface area contributed by atoms with Crippen LogP contribution >= 0.6 is 11.8 Å². The van der Waals surface area contributed by atoms with E-state index in [2.05, 4.69) is 47.5 Å². The molecule has 0 spiro atoms. The number of carbonyl (C=O) groups is 13. The van der Waals surface area contributed by atoms with Crippen molar-refractivity contribution in [2.75, 3.05) is 31.7 Å². The fourth-order valence-electron chi connectivity index (χ4n) is 9.28. The highest BCUT2D eigenvalue weighted by molar-refractivity contribution is 7.98. The molecule has 3 rings (SSSR count). The Hall–Kier alpha value is -7.90. The third kappa shape index (κ3) is 23.2. The van der Waals surface area contributed by atoms with Gasteiger partial charge >= 0.3 is 11.9 Å². The number of nitrogens with one attached hydrogen (secondary N) is 9. The molecule has 2 aromatic rings. The Morgan fingerprint density at radius 3 is 1.80 bits per heavy atom. The number of aromatic nitrogens is 1. The van der Waals surface area contributed by atoms with Crippen molar-refractivity contribution >= 4 is 99.6 Å². The number of nitrogens with zero attached hydrogens (tertiary/aromatic N) is 1. The number of amides is 11. The van der Waals surface area contributed by atoms with Gasteiger partial charge in [0.05, 0.1) is 25.5 Å². The number of aliphatic hydroxyl groups is 1. The lowest BCUT2D eigenvalue weighted by molar-refractivity contribution is -0.146. The Morgan fingerprint density at radius 1 is 0.671 bits per heavy atom. The van der Waals surface area contributed by atoms with Gasteiger partial charge in [0.15, 0.2) is 0 Å². The molecule has 10 atom stereocenters. The summed E-state index contributed by atoms with van der Waals surface area (Å²) in [5.41, 5.74) is 23.3. The fourth-order valence-corrected chi connectivity index (χ4v) is 9.75. The summed E-state index contributed by atoms with van der Waals surface area (Å²) in [5, 5.41) is 49.9. The van der Waals surface area contributed by atoms with Crippen LogP contribution in [0.25, 0.3) is 10.9 Å². The van der Waals surface area contributed by atoms with Crippen LogP contribution in [0.15, 0.2) is 30.5 Å². The monoisotopic (exact) mass is 1220 g/mol. The molecule has 1 saturated heterocycles. The first-order chi connectivity index (χ1) is 40.1. The van der Waals surface area contributed by atoms with Crippen molar-refractivity contribution in [1.82, 2.24) is 52.4 Å². The van der Waals surface area contributed by atoms with Gasteiger partial charge in [-0.15, -0.1) is 0 Å². The van der Waals surface area contributed by atoms with Gasteiger partial charge in [-0.05, 0) is 93.4 Å². The summed E-state index contributed by atoms with van der Waals surface area (Å²) < 4.78 is 0. The molecule has 2 heterocycles. The minimum absolute atomic E-state index is 0.00257. The Morgan fingerprint density at radius 2 is 1.22 bits per heavy atom. The lowest BCUT2D eigenvalue weighted by Crippen LogP contribution is -2.61. The number of rotatable bonds is 38. The molecule has 0 radical (unpaired) electrons. The molecule has 31 heteroatoms. The molecule has 85 heavy (non-hydrogen) atoms. The Labute approximate surface area is 495 Å². The number of para-hydroxylation sites is 1. The summed E-state index contributed by atoms with van der Waals surface area (Å²) in [6.45, 7) is 6.01. The standard InChI is InChI=1S/C54H84N14O16S/c1-27(2)21-35(47(76)60-33(13-8-9-18-55)46(75)61-34(17-20-85-5)53(82)68-19-10-14-40(68)52(81)67-44(28(3)4)54(83)84)62-49(78)37(23-42(58)71)64-50(79)38(24-43(72)73)65-48(77)36(22-29-25-59-32-12-7-6-11-30(29)32)63-51(80)39(26-69)66-45(74)31(56)15-16-41(57)70/h6-7,11-12,25,27-28,31,33-40,44,59,69H,8-10,13-24,26,55-56H2,1-5H3,(H2,57,70)(H2,58,71)(H,60,76)(H,61,75)(H,62,78)(H,63,80)(H,64,79)(H,65,77)(H,66,74)(H,67,81)(H,72,73)(H,83,84)/t31-,33-,34-,35-,36-,37-,38-,39-,40-,44-/m0/s1. The van der Waals surface area contributed by atoms with Crippen LogP contribution in [0.1, 0.15) is 104 Å². The number of fused-ring (bicyclic) bond motifs is 1. The van der Waals surface area contributed by atoms with Crippen molar-refractivity contribution in [3.05, 3.63) is 36.0 Å². The van der Waals surface area contributed by atoms with Crippen molar-refractivity contribution in [2.24, 2.45) is 34.8 Å². The van der Waals surface area contributed by atoms with E-state index in [0.29, 0.717) is 41.5 Å². The van der Waals surface area contributed by atoms with Crippen molar-refractivity contribution in [1.29, 1.82) is 0 Å². The van der Waals surface area contributed by atoms with E-state index in [1.807, 2.05) is 0 Å². The number of carbonyl (C=O) groups excluding carboxylic acids is 11. The van der Waals surface area contributed by atoms with E-state index in [1.165, 1.54) is 22.9 Å². The number of carboxylic acids is 2. The van der Waals surface area contributed by atoms with Crippen LogP contribution < -0.4 is 65.5 Å². The molecule has 0 saturated carbocycles. The first kappa shape index (κ1) is 71.4. The minimum Gasteiger partial charge on any atom is -0.481 e. The summed E-state index contributed by atoms with van der Waals surface area (Å²) in [5.74, 6) is -13.9. The third-order valence-electron chi connectivity index (χ3n) is 13.9. The summed E-state index contributed by atoms with van der Waals surface area (Å²) in [7, 11) is 0. The second-order valence-electron chi connectivity index (χ2n) is 21.5. The minimum atomic E-state index is -2.04. The zero-order valence-corrected chi connectivity index (χ0v) is 49.3. The number of H-pyrrole nitrogens is 1. The number of benzene rings is 1. The molecule has 472 valence electrons. The first-order valence-electron chi connectivity index (χ1n) is 28.0. The van der Waals surface area contributed by atoms with E-state index in [-0.39, 0.29) is 64.0 Å². The molecule has 0 bridgehead atoms. The molecule has 1 aliphatic rings. The number of aliphatic hydroxyl groups excluding tert-OH is 1. The molecule has 1 aromatic heterocycles. The molecule has 0 aliphatic carbocycles. The van der Waals surface area contributed by atoms with E-state index in [4.69, 9.17) is 22.9 Å². The van der Waals surface area contributed by atoms with Crippen LogP contribution in [0.2, 0.25) is 0 Å².